The molecule has 1 aromatic heterocycles. The largest absolute Gasteiger partial charge is 0.475 e. The van der Waals surface area contributed by atoms with Crippen molar-refractivity contribution < 1.29 is 9.90 Å². The maximum Gasteiger partial charge on any atom is 0.374 e. The molecule has 2 aromatic rings. The van der Waals surface area contributed by atoms with E-state index in [2.05, 4.69) is 33.9 Å². The minimum absolute atomic E-state index is 0.142. The number of para-hydroxylation sites is 1. The van der Waals surface area contributed by atoms with Gasteiger partial charge in [-0.15, -0.1) is 0 Å². The normalized spacial score (nSPS) is 18.6. The number of carboxylic acid groups (broad SMARTS) is 1. The molecule has 6 nitrogen and oxygen atoms in total. The number of aromatic carboxylic acids is 1. The van der Waals surface area contributed by atoms with Crippen LogP contribution in [0.5, 0.6) is 0 Å². The number of aromatic nitrogens is 2. The Labute approximate surface area is 123 Å². The van der Waals surface area contributed by atoms with Gasteiger partial charge in [-0.05, 0) is 32.6 Å². The zero-order valence-corrected chi connectivity index (χ0v) is 12.2. The Morgan fingerprint density at radius 1 is 1.33 bits per heavy atom. The molecule has 0 saturated carbocycles. The smallest absolute Gasteiger partial charge is 0.374 e. The Hall–Kier alpha value is -2.21. The van der Waals surface area contributed by atoms with Crippen molar-refractivity contribution in [1.82, 2.24) is 14.9 Å². The van der Waals surface area contributed by atoms with Crippen molar-refractivity contribution in [3.63, 3.8) is 0 Å². The standard InChI is InChI=1S/C15H18N4O2/c1-18(2)10-7-8-19(9-10)14-11-5-3-4-6-12(11)16-13(17-14)15(20)21/h3-6,10H,7-9H2,1-2H3,(H,20,21). The highest BCUT2D eigenvalue weighted by Gasteiger charge is 2.27. The Bertz CT molecular complexity index is 686. The summed E-state index contributed by atoms with van der Waals surface area (Å²) in [6.07, 6.45) is 1.05. The molecule has 0 radical (unpaired) electrons. The average molecular weight is 286 g/mol. The number of likely N-dealkylation sites (N-methyl/N-ethyl adjacent to an activating group) is 1. The quantitative estimate of drug-likeness (QED) is 0.921. The zero-order chi connectivity index (χ0) is 15.0. The lowest BCUT2D eigenvalue weighted by Crippen LogP contribution is -2.32. The fraction of sp³-hybridized carbons (Fsp3) is 0.400. The molecule has 21 heavy (non-hydrogen) atoms. The SMILES string of the molecule is CN(C)C1CCN(c2nc(C(=O)O)nc3ccccc23)C1. The number of rotatable bonds is 3. The molecular formula is C15H18N4O2. The minimum atomic E-state index is -1.09. The average Bonchev–Trinajstić information content (AvgIpc) is 2.96. The van der Waals surface area contributed by atoms with Crippen LogP contribution in [0, 0.1) is 0 Å². The lowest BCUT2D eigenvalue weighted by molar-refractivity contribution is 0.0684. The van der Waals surface area contributed by atoms with Crippen LogP contribution < -0.4 is 4.90 Å². The van der Waals surface area contributed by atoms with Crippen LogP contribution in [0.25, 0.3) is 10.9 Å². The number of fused-ring (bicyclic) bond motifs is 1. The predicted octanol–water partition coefficient (Wildman–Crippen LogP) is 1.47. The number of carboxylic acids is 1. The molecule has 0 amide bonds. The molecule has 0 spiro atoms. The van der Waals surface area contributed by atoms with Crippen molar-refractivity contribution in [2.24, 2.45) is 0 Å². The number of hydrogen-bond donors (Lipinski definition) is 1. The Morgan fingerprint density at radius 3 is 2.76 bits per heavy atom. The third kappa shape index (κ3) is 2.54. The van der Waals surface area contributed by atoms with Gasteiger partial charge < -0.3 is 14.9 Å². The van der Waals surface area contributed by atoms with Crippen LogP contribution in [0.15, 0.2) is 24.3 Å². The van der Waals surface area contributed by atoms with E-state index in [0.29, 0.717) is 11.6 Å². The molecule has 0 bridgehead atoms. The molecule has 1 aromatic carbocycles. The van der Waals surface area contributed by atoms with Crippen LogP contribution in [0.3, 0.4) is 0 Å². The van der Waals surface area contributed by atoms with Crippen molar-refractivity contribution in [3.05, 3.63) is 30.1 Å². The van der Waals surface area contributed by atoms with Gasteiger partial charge in [0.05, 0.1) is 5.52 Å². The van der Waals surface area contributed by atoms with Crippen molar-refractivity contribution >= 4 is 22.7 Å². The van der Waals surface area contributed by atoms with Crippen molar-refractivity contribution in [2.45, 2.75) is 12.5 Å². The number of anilines is 1. The first-order chi connectivity index (χ1) is 10.1. The predicted molar refractivity (Wildman–Crippen MR) is 80.8 cm³/mol. The van der Waals surface area contributed by atoms with E-state index < -0.39 is 5.97 Å². The summed E-state index contributed by atoms with van der Waals surface area (Å²) in [6, 6.07) is 8.02. The number of nitrogens with zero attached hydrogens (tertiary/aromatic N) is 4. The molecule has 2 heterocycles. The summed E-state index contributed by atoms with van der Waals surface area (Å²) in [5.74, 6) is -0.510. The fourth-order valence-corrected chi connectivity index (χ4v) is 2.75. The van der Waals surface area contributed by atoms with Crippen LogP contribution in [0.2, 0.25) is 0 Å². The zero-order valence-electron chi connectivity index (χ0n) is 12.2. The van der Waals surface area contributed by atoms with E-state index in [1.165, 1.54) is 0 Å². The first-order valence-corrected chi connectivity index (χ1v) is 6.97. The highest BCUT2D eigenvalue weighted by atomic mass is 16.4. The molecule has 110 valence electrons. The van der Waals surface area contributed by atoms with Gasteiger partial charge in [-0.25, -0.2) is 14.8 Å². The van der Waals surface area contributed by atoms with Crippen LogP contribution in [-0.2, 0) is 0 Å². The third-order valence-electron chi connectivity index (χ3n) is 3.97. The summed E-state index contributed by atoms with van der Waals surface area (Å²) in [7, 11) is 4.13. The maximum atomic E-state index is 11.2. The van der Waals surface area contributed by atoms with Crippen molar-refractivity contribution in [2.75, 3.05) is 32.1 Å². The van der Waals surface area contributed by atoms with Gasteiger partial charge in [0.15, 0.2) is 0 Å². The van der Waals surface area contributed by atoms with Crippen LogP contribution >= 0.6 is 0 Å². The Kier molecular flexibility index (Phi) is 3.47. The fourth-order valence-electron chi connectivity index (χ4n) is 2.75. The van der Waals surface area contributed by atoms with E-state index in [4.69, 9.17) is 0 Å². The molecule has 1 saturated heterocycles. The molecular weight excluding hydrogens is 268 g/mol. The lowest BCUT2D eigenvalue weighted by Gasteiger charge is -2.22. The van der Waals surface area contributed by atoms with Gasteiger partial charge in [-0.1, -0.05) is 12.1 Å². The van der Waals surface area contributed by atoms with Crippen LogP contribution in [-0.4, -0.2) is 59.2 Å². The summed E-state index contributed by atoms with van der Waals surface area (Å²) in [6.45, 7) is 1.73. The maximum absolute atomic E-state index is 11.2. The van der Waals surface area contributed by atoms with Gasteiger partial charge >= 0.3 is 5.97 Å². The topological polar surface area (TPSA) is 69.6 Å². The second-order valence-electron chi connectivity index (χ2n) is 5.55. The van der Waals surface area contributed by atoms with Crippen LogP contribution in [0.1, 0.15) is 17.0 Å². The molecule has 1 aliphatic rings. The van der Waals surface area contributed by atoms with E-state index in [-0.39, 0.29) is 5.82 Å². The second-order valence-corrected chi connectivity index (χ2v) is 5.55. The van der Waals surface area contributed by atoms with Gasteiger partial charge in [0.1, 0.15) is 5.82 Å². The summed E-state index contributed by atoms with van der Waals surface area (Å²) in [5.41, 5.74) is 0.674. The van der Waals surface area contributed by atoms with Gasteiger partial charge in [0.25, 0.3) is 0 Å². The van der Waals surface area contributed by atoms with E-state index in [9.17, 15) is 9.90 Å². The highest BCUT2D eigenvalue weighted by Crippen LogP contribution is 2.27. The number of hydrogen-bond acceptors (Lipinski definition) is 5. The molecule has 1 N–H and O–H groups in total. The van der Waals surface area contributed by atoms with E-state index in [1.807, 2.05) is 24.3 Å². The summed E-state index contributed by atoms with van der Waals surface area (Å²) in [5, 5.41) is 10.1. The molecule has 6 heteroatoms. The highest BCUT2D eigenvalue weighted by molar-refractivity contribution is 5.94. The minimum Gasteiger partial charge on any atom is -0.475 e. The molecule has 1 unspecified atom stereocenters. The third-order valence-corrected chi connectivity index (χ3v) is 3.97. The van der Waals surface area contributed by atoms with E-state index in [0.717, 1.165) is 30.7 Å². The lowest BCUT2D eigenvalue weighted by atomic mass is 10.2. The molecule has 0 aliphatic carbocycles. The number of carbonyl (C=O) groups is 1. The second kappa shape index (κ2) is 5.29. The monoisotopic (exact) mass is 286 g/mol. The molecule has 3 rings (SSSR count). The summed E-state index contributed by atoms with van der Waals surface area (Å²) >= 11 is 0. The van der Waals surface area contributed by atoms with Gasteiger partial charge in [0.2, 0.25) is 5.82 Å². The molecule has 1 atom stereocenters. The molecule has 1 fully saturated rings. The van der Waals surface area contributed by atoms with Crippen molar-refractivity contribution in [1.29, 1.82) is 0 Å². The van der Waals surface area contributed by atoms with E-state index in [1.54, 1.807) is 0 Å². The summed E-state index contributed by atoms with van der Waals surface area (Å²) in [4.78, 5) is 24.0. The first-order valence-electron chi connectivity index (χ1n) is 6.97. The van der Waals surface area contributed by atoms with Gasteiger partial charge in [0, 0.05) is 24.5 Å². The van der Waals surface area contributed by atoms with E-state index >= 15 is 0 Å². The number of benzene rings is 1. The van der Waals surface area contributed by atoms with Crippen LogP contribution in [0.4, 0.5) is 5.82 Å². The Morgan fingerprint density at radius 2 is 2.10 bits per heavy atom. The summed E-state index contributed by atoms with van der Waals surface area (Å²) < 4.78 is 0. The first kappa shape index (κ1) is 13.8. The Balaban J connectivity index is 2.06. The van der Waals surface area contributed by atoms with Gasteiger partial charge in [-0.3, -0.25) is 0 Å². The molecule has 1 aliphatic heterocycles. The van der Waals surface area contributed by atoms with Gasteiger partial charge in [-0.2, -0.15) is 0 Å². The van der Waals surface area contributed by atoms with Crippen molar-refractivity contribution in [3.8, 4) is 0 Å².